The quantitative estimate of drug-likeness (QED) is 0.896. The van der Waals surface area contributed by atoms with Gasteiger partial charge in [-0.1, -0.05) is 29.8 Å². The molecular formula is C17H25NO. The van der Waals surface area contributed by atoms with Crippen molar-refractivity contribution in [1.29, 1.82) is 0 Å². The summed E-state index contributed by atoms with van der Waals surface area (Å²) in [5.74, 6) is 1.49. The molecule has 2 unspecified atom stereocenters. The highest BCUT2D eigenvalue weighted by molar-refractivity contribution is 5.26. The molecule has 1 saturated carbocycles. The van der Waals surface area contributed by atoms with Gasteiger partial charge >= 0.3 is 0 Å². The van der Waals surface area contributed by atoms with Crippen molar-refractivity contribution in [2.75, 3.05) is 13.2 Å². The summed E-state index contributed by atoms with van der Waals surface area (Å²) in [4.78, 5) is 0. The molecule has 2 heteroatoms. The summed E-state index contributed by atoms with van der Waals surface area (Å²) in [5, 5.41) is 3.72. The Balaban J connectivity index is 1.41. The molecule has 0 spiro atoms. The van der Waals surface area contributed by atoms with Gasteiger partial charge in [0.25, 0.3) is 0 Å². The highest BCUT2D eigenvalue weighted by atomic mass is 16.5. The molecule has 0 amide bonds. The second kappa shape index (κ2) is 5.64. The average molecular weight is 259 g/mol. The normalized spacial score (nSPS) is 34.2. The van der Waals surface area contributed by atoms with Gasteiger partial charge in [-0.3, -0.25) is 0 Å². The van der Waals surface area contributed by atoms with Crippen LogP contribution in [0.4, 0.5) is 0 Å². The Morgan fingerprint density at radius 3 is 2.58 bits per heavy atom. The summed E-state index contributed by atoms with van der Waals surface area (Å²) in [6.45, 7) is 6.44. The van der Waals surface area contributed by atoms with Crippen molar-refractivity contribution < 1.29 is 4.74 Å². The minimum Gasteiger partial charge on any atom is -0.378 e. The van der Waals surface area contributed by atoms with Gasteiger partial charge in [0.2, 0.25) is 0 Å². The molecule has 1 aromatic rings. The Kier molecular flexibility index (Phi) is 3.90. The van der Waals surface area contributed by atoms with Crippen molar-refractivity contribution in [1.82, 2.24) is 5.32 Å². The van der Waals surface area contributed by atoms with Gasteiger partial charge in [0.05, 0.1) is 6.10 Å². The van der Waals surface area contributed by atoms with E-state index in [0.29, 0.717) is 6.10 Å². The number of benzene rings is 1. The molecule has 3 rings (SSSR count). The second-order valence-electron chi connectivity index (χ2n) is 6.31. The van der Waals surface area contributed by atoms with Crippen LogP contribution < -0.4 is 5.32 Å². The van der Waals surface area contributed by atoms with Gasteiger partial charge in [0.1, 0.15) is 0 Å². The molecule has 19 heavy (non-hydrogen) atoms. The first kappa shape index (κ1) is 13.1. The molecule has 2 aliphatic rings. The fourth-order valence-corrected chi connectivity index (χ4v) is 3.26. The van der Waals surface area contributed by atoms with Crippen molar-refractivity contribution in [2.24, 2.45) is 5.92 Å². The van der Waals surface area contributed by atoms with E-state index in [0.717, 1.165) is 31.0 Å². The molecule has 0 radical (unpaired) electrons. The van der Waals surface area contributed by atoms with Crippen LogP contribution in [-0.2, 0) is 4.74 Å². The zero-order valence-corrected chi connectivity index (χ0v) is 12.1. The molecule has 0 aromatic heterocycles. The van der Waals surface area contributed by atoms with Crippen LogP contribution >= 0.6 is 0 Å². The highest BCUT2D eigenvalue weighted by Crippen LogP contribution is 2.37. The monoisotopic (exact) mass is 259 g/mol. The first-order valence-electron chi connectivity index (χ1n) is 7.64. The van der Waals surface area contributed by atoms with Gasteiger partial charge in [0.15, 0.2) is 0 Å². The summed E-state index contributed by atoms with van der Waals surface area (Å²) in [6.07, 6.45) is 4.26. The van der Waals surface area contributed by atoms with Crippen LogP contribution in [0.2, 0.25) is 0 Å². The molecule has 1 saturated heterocycles. The molecular weight excluding hydrogens is 234 g/mol. The van der Waals surface area contributed by atoms with E-state index in [1.54, 1.807) is 0 Å². The zero-order chi connectivity index (χ0) is 13.2. The minimum atomic E-state index is 0.445. The van der Waals surface area contributed by atoms with Crippen LogP contribution in [0.15, 0.2) is 24.3 Å². The lowest BCUT2D eigenvalue weighted by Gasteiger charge is -2.37. The summed E-state index contributed by atoms with van der Waals surface area (Å²) in [5.41, 5.74) is 2.87. The van der Waals surface area contributed by atoms with Crippen LogP contribution in [0.3, 0.4) is 0 Å². The van der Waals surface area contributed by atoms with Crippen molar-refractivity contribution in [3.05, 3.63) is 35.4 Å². The summed E-state index contributed by atoms with van der Waals surface area (Å²) in [7, 11) is 0. The van der Waals surface area contributed by atoms with Gasteiger partial charge < -0.3 is 10.1 Å². The second-order valence-corrected chi connectivity index (χ2v) is 6.31. The first-order chi connectivity index (χ1) is 9.22. The molecule has 1 aromatic carbocycles. The molecule has 1 N–H and O–H groups in total. The standard InChI is InChI=1S/C17H25NO/c1-12-3-5-14(6-4-12)16-9-17(10-16)18-11-15-7-8-19-13(15)2/h3-6,13,15-18H,7-11H2,1-2H3. The first-order valence-corrected chi connectivity index (χ1v) is 7.64. The Bertz CT molecular complexity index is 408. The van der Waals surface area contributed by atoms with Crippen molar-refractivity contribution in [3.63, 3.8) is 0 Å². The summed E-state index contributed by atoms with van der Waals surface area (Å²) < 4.78 is 5.61. The van der Waals surface area contributed by atoms with Gasteiger partial charge in [0, 0.05) is 19.2 Å². The lowest BCUT2D eigenvalue weighted by molar-refractivity contribution is 0.103. The number of nitrogens with one attached hydrogen (secondary N) is 1. The summed E-state index contributed by atoms with van der Waals surface area (Å²) in [6, 6.07) is 9.77. The number of rotatable bonds is 4. The SMILES string of the molecule is Cc1ccc(C2CC(NCC3CCOC3C)C2)cc1. The van der Waals surface area contributed by atoms with E-state index in [-0.39, 0.29) is 0 Å². The van der Waals surface area contributed by atoms with Crippen LogP contribution in [-0.4, -0.2) is 25.3 Å². The fraction of sp³-hybridized carbons (Fsp3) is 0.647. The maximum Gasteiger partial charge on any atom is 0.0588 e. The Morgan fingerprint density at radius 2 is 1.95 bits per heavy atom. The van der Waals surface area contributed by atoms with E-state index < -0.39 is 0 Å². The smallest absolute Gasteiger partial charge is 0.0588 e. The van der Waals surface area contributed by atoms with Gasteiger partial charge in [-0.05, 0) is 50.5 Å². The maximum absolute atomic E-state index is 5.61. The lowest BCUT2D eigenvalue weighted by Crippen LogP contribution is -2.43. The molecule has 2 nitrogen and oxygen atoms in total. The maximum atomic E-state index is 5.61. The molecule has 1 aliphatic heterocycles. The van der Waals surface area contributed by atoms with E-state index in [2.05, 4.69) is 43.4 Å². The Morgan fingerprint density at radius 1 is 1.21 bits per heavy atom. The van der Waals surface area contributed by atoms with Crippen molar-refractivity contribution in [2.45, 2.75) is 51.2 Å². The van der Waals surface area contributed by atoms with Crippen molar-refractivity contribution >= 4 is 0 Å². The van der Waals surface area contributed by atoms with Crippen LogP contribution in [0.25, 0.3) is 0 Å². The van der Waals surface area contributed by atoms with E-state index in [1.165, 1.54) is 30.4 Å². The topological polar surface area (TPSA) is 21.3 Å². The third-order valence-electron chi connectivity index (χ3n) is 4.89. The largest absolute Gasteiger partial charge is 0.378 e. The van der Waals surface area contributed by atoms with Gasteiger partial charge in [-0.25, -0.2) is 0 Å². The average Bonchev–Trinajstić information content (AvgIpc) is 2.75. The third-order valence-corrected chi connectivity index (χ3v) is 4.89. The fourth-order valence-electron chi connectivity index (χ4n) is 3.26. The zero-order valence-electron chi connectivity index (χ0n) is 12.1. The minimum absolute atomic E-state index is 0.445. The predicted molar refractivity (Wildman–Crippen MR) is 78.5 cm³/mol. The lowest BCUT2D eigenvalue weighted by atomic mass is 9.75. The van der Waals surface area contributed by atoms with Gasteiger partial charge in [-0.2, -0.15) is 0 Å². The third kappa shape index (κ3) is 3.01. The van der Waals surface area contributed by atoms with E-state index >= 15 is 0 Å². The van der Waals surface area contributed by atoms with Gasteiger partial charge in [-0.15, -0.1) is 0 Å². The molecule has 1 aliphatic carbocycles. The highest BCUT2D eigenvalue weighted by Gasteiger charge is 2.31. The number of hydrogen-bond donors (Lipinski definition) is 1. The van der Waals surface area contributed by atoms with Crippen LogP contribution in [0, 0.1) is 12.8 Å². The van der Waals surface area contributed by atoms with Crippen LogP contribution in [0.1, 0.15) is 43.2 Å². The molecule has 2 fully saturated rings. The van der Waals surface area contributed by atoms with Crippen molar-refractivity contribution in [3.8, 4) is 0 Å². The molecule has 0 bridgehead atoms. The molecule has 104 valence electrons. The summed E-state index contributed by atoms with van der Waals surface area (Å²) >= 11 is 0. The Hall–Kier alpha value is -0.860. The number of ether oxygens (including phenoxy) is 1. The predicted octanol–water partition coefficient (Wildman–Crippen LogP) is 3.26. The van der Waals surface area contributed by atoms with E-state index in [9.17, 15) is 0 Å². The number of aryl methyl sites for hydroxylation is 1. The Labute approximate surface area is 116 Å². The molecule has 1 heterocycles. The van der Waals surface area contributed by atoms with Crippen LogP contribution in [0.5, 0.6) is 0 Å². The van der Waals surface area contributed by atoms with E-state index in [1.807, 2.05) is 0 Å². The number of hydrogen-bond acceptors (Lipinski definition) is 2. The van der Waals surface area contributed by atoms with E-state index in [4.69, 9.17) is 4.74 Å². The molecule has 2 atom stereocenters.